The van der Waals surface area contributed by atoms with Gasteiger partial charge in [-0.25, -0.2) is 0 Å². The summed E-state index contributed by atoms with van der Waals surface area (Å²) in [6.07, 6.45) is 0. The molecule has 0 aromatic heterocycles. The molecule has 0 spiro atoms. The van der Waals surface area contributed by atoms with E-state index in [1.807, 2.05) is 50.2 Å². The second kappa shape index (κ2) is 11.1. The molecule has 1 fully saturated rings. The lowest BCUT2D eigenvalue weighted by atomic mass is 10.0. The number of nitrogens with one attached hydrogen (secondary N) is 2. The minimum Gasteiger partial charge on any atom is -0.354 e. The maximum Gasteiger partial charge on any atom is 0.238 e. The van der Waals surface area contributed by atoms with Crippen LogP contribution >= 0.6 is 0 Å². The maximum atomic E-state index is 12.5. The van der Waals surface area contributed by atoms with Gasteiger partial charge in [-0.3, -0.25) is 19.4 Å². The summed E-state index contributed by atoms with van der Waals surface area (Å²) in [5, 5.41) is 6.10. The number of hydrogen-bond acceptors (Lipinski definition) is 4. The third-order valence-corrected chi connectivity index (χ3v) is 5.92. The van der Waals surface area contributed by atoms with Crippen LogP contribution in [0.3, 0.4) is 0 Å². The number of hydrogen-bond donors (Lipinski definition) is 2. The van der Waals surface area contributed by atoms with Crippen molar-refractivity contribution in [2.75, 3.05) is 51.1 Å². The van der Waals surface area contributed by atoms with Crippen LogP contribution in [0.4, 0.5) is 5.69 Å². The van der Waals surface area contributed by atoms with Crippen LogP contribution in [-0.4, -0.2) is 67.4 Å². The van der Waals surface area contributed by atoms with E-state index in [1.165, 1.54) is 5.56 Å². The highest BCUT2D eigenvalue weighted by molar-refractivity contribution is 5.93. The zero-order chi connectivity index (χ0) is 22.2. The van der Waals surface area contributed by atoms with E-state index in [0.29, 0.717) is 19.6 Å². The Morgan fingerprint density at radius 1 is 0.839 bits per heavy atom. The number of piperazine rings is 1. The molecule has 31 heavy (non-hydrogen) atoms. The lowest BCUT2D eigenvalue weighted by Crippen LogP contribution is -2.51. The normalized spacial score (nSPS) is 16.0. The molecule has 0 bridgehead atoms. The largest absolute Gasteiger partial charge is 0.354 e. The Morgan fingerprint density at radius 3 is 1.97 bits per heavy atom. The van der Waals surface area contributed by atoms with E-state index in [0.717, 1.165) is 43.0 Å². The van der Waals surface area contributed by atoms with Gasteiger partial charge in [-0.05, 0) is 36.5 Å². The van der Waals surface area contributed by atoms with Gasteiger partial charge in [-0.15, -0.1) is 0 Å². The van der Waals surface area contributed by atoms with Gasteiger partial charge in [0.05, 0.1) is 13.1 Å². The van der Waals surface area contributed by atoms with Crippen LogP contribution in [0.5, 0.6) is 0 Å². The Hall–Kier alpha value is -2.70. The number of carbonyl (C=O) groups is 2. The average molecular weight is 423 g/mol. The monoisotopic (exact) mass is 422 g/mol. The van der Waals surface area contributed by atoms with E-state index in [1.54, 1.807) is 0 Å². The van der Waals surface area contributed by atoms with Gasteiger partial charge < -0.3 is 10.6 Å². The first-order valence-electron chi connectivity index (χ1n) is 11.0. The van der Waals surface area contributed by atoms with Crippen molar-refractivity contribution in [1.29, 1.82) is 0 Å². The van der Waals surface area contributed by atoms with Crippen molar-refractivity contribution < 1.29 is 9.59 Å². The average Bonchev–Trinajstić information content (AvgIpc) is 2.77. The number of anilines is 1. The molecule has 2 amide bonds. The van der Waals surface area contributed by atoms with E-state index in [-0.39, 0.29) is 17.7 Å². The number of amides is 2. The molecule has 3 rings (SSSR count). The molecule has 2 aromatic rings. The molecule has 6 heteroatoms. The molecule has 2 N–H and O–H groups in total. The molecule has 1 aliphatic heterocycles. The Bertz CT molecular complexity index is 856. The van der Waals surface area contributed by atoms with E-state index in [2.05, 4.69) is 39.5 Å². The number of rotatable bonds is 8. The van der Waals surface area contributed by atoms with Crippen molar-refractivity contribution in [2.45, 2.75) is 26.7 Å². The van der Waals surface area contributed by atoms with Crippen LogP contribution in [0.2, 0.25) is 0 Å². The Balaban J connectivity index is 1.36. The first-order chi connectivity index (χ1) is 14.9. The summed E-state index contributed by atoms with van der Waals surface area (Å²) in [6, 6.07) is 16.2. The number of aryl methyl sites for hydroxylation is 2. The van der Waals surface area contributed by atoms with Crippen LogP contribution in [0, 0.1) is 13.8 Å². The summed E-state index contributed by atoms with van der Waals surface area (Å²) in [7, 11) is 0. The SMILES string of the molecule is Cc1cccc(C)c1NC(=O)CN1CCN(CC(=O)NC[C@@H](C)c2ccccc2)CC1. The molecule has 0 unspecified atom stereocenters. The first kappa shape index (κ1) is 23.0. The summed E-state index contributed by atoms with van der Waals surface area (Å²) in [4.78, 5) is 29.1. The molecule has 1 heterocycles. The van der Waals surface area contributed by atoms with E-state index in [4.69, 9.17) is 0 Å². The molecule has 1 atom stereocenters. The highest BCUT2D eigenvalue weighted by Crippen LogP contribution is 2.19. The topological polar surface area (TPSA) is 64.7 Å². The Morgan fingerprint density at radius 2 is 1.39 bits per heavy atom. The summed E-state index contributed by atoms with van der Waals surface area (Å²) >= 11 is 0. The van der Waals surface area contributed by atoms with Crippen molar-refractivity contribution in [3.8, 4) is 0 Å². The van der Waals surface area contributed by atoms with Crippen molar-refractivity contribution in [2.24, 2.45) is 0 Å². The van der Waals surface area contributed by atoms with Crippen molar-refractivity contribution in [3.05, 3.63) is 65.2 Å². The fraction of sp³-hybridized carbons (Fsp3) is 0.440. The molecule has 0 saturated carbocycles. The van der Waals surface area contributed by atoms with E-state index in [9.17, 15) is 9.59 Å². The molecule has 6 nitrogen and oxygen atoms in total. The number of benzene rings is 2. The third kappa shape index (κ3) is 6.91. The van der Waals surface area contributed by atoms with Gasteiger partial charge in [0, 0.05) is 38.4 Å². The molecule has 166 valence electrons. The summed E-state index contributed by atoms with van der Waals surface area (Å²) in [5.74, 6) is 0.361. The van der Waals surface area contributed by atoms with Gasteiger partial charge in [0.1, 0.15) is 0 Å². The molecular formula is C25H34N4O2. The molecule has 2 aromatic carbocycles. The minimum atomic E-state index is 0.0125. The maximum absolute atomic E-state index is 12.5. The lowest BCUT2D eigenvalue weighted by Gasteiger charge is -2.34. The molecule has 1 saturated heterocycles. The number of carbonyl (C=O) groups excluding carboxylic acids is 2. The van der Waals surface area contributed by atoms with E-state index < -0.39 is 0 Å². The summed E-state index contributed by atoms with van der Waals surface area (Å²) in [6.45, 7) is 10.7. The molecule has 0 aliphatic carbocycles. The summed E-state index contributed by atoms with van der Waals surface area (Å²) < 4.78 is 0. The van der Waals surface area contributed by atoms with Gasteiger partial charge >= 0.3 is 0 Å². The van der Waals surface area contributed by atoms with Gasteiger partial charge in [-0.1, -0.05) is 55.5 Å². The fourth-order valence-corrected chi connectivity index (χ4v) is 3.92. The predicted octanol–water partition coefficient (Wildman–Crippen LogP) is 2.78. The quantitative estimate of drug-likeness (QED) is 0.687. The van der Waals surface area contributed by atoms with Crippen LogP contribution < -0.4 is 10.6 Å². The van der Waals surface area contributed by atoms with Gasteiger partial charge in [0.2, 0.25) is 11.8 Å². The van der Waals surface area contributed by atoms with Crippen molar-refractivity contribution >= 4 is 17.5 Å². The Labute approximate surface area is 185 Å². The third-order valence-electron chi connectivity index (χ3n) is 5.92. The molecular weight excluding hydrogens is 388 g/mol. The van der Waals surface area contributed by atoms with Crippen molar-refractivity contribution in [3.63, 3.8) is 0 Å². The van der Waals surface area contributed by atoms with Crippen LogP contribution in [0.15, 0.2) is 48.5 Å². The van der Waals surface area contributed by atoms with Gasteiger partial charge in [0.25, 0.3) is 0 Å². The van der Waals surface area contributed by atoms with Crippen molar-refractivity contribution in [1.82, 2.24) is 15.1 Å². The predicted molar refractivity (Wildman–Crippen MR) is 125 cm³/mol. The summed E-state index contributed by atoms with van der Waals surface area (Å²) in [5.41, 5.74) is 4.29. The number of nitrogens with zero attached hydrogens (tertiary/aromatic N) is 2. The van der Waals surface area contributed by atoms with Gasteiger partial charge in [0.15, 0.2) is 0 Å². The second-order valence-electron chi connectivity index (χ2n) is 8.48. The molecule has 0 radical (unpaired) electrons. The van der Waals surface area contributed by atoms with E-state index >= 15 is 0 Å². The number of para-hydroxylation sites is 1. The van der Waals surface area contributed by atoms with Crippen LogP contribution in [0.25, 0.3) is 0 Å². The Kier molecular flexibility index (Phi) is 8.20. The lowest BCUT2D eigenvalue weighted by molar-refractivity contribution is -0.123. The smallest absolute Gasteiger partial charge is 0.238 e. The second-order valence-corrected chi connectivity index (χ2v) is 8.48. The molecule has 1 aliphatic rings. The fourth-order valence-electron chi connectivity index (χ4n) is 3.92. The highest BCUT2D eigenvalue weighted by atomic mass is 16.2. The van der Waals surface area contributed by atoms with Crippen LogP contribution in [-0.2, 0) is 9.59 Å². The minimum absolute atomic E-state index is 0.0125. The highest BCUT2D eigenvalue weighted by Gasteiger charge is 2.21. The standard InChI is InChI=1S/C25H34N4O2/c1-19-8-7-9-20(2)25(19)27-24(31)18-29-14-12-28(13-15-29)17-23(30)26-16-21(3)22-10-5-4-6-11-22/h4-11,21H,12-18H2,1-3H3,(H,26,30)(H,27,31)/t21-/m1/s1. The zero-order valence-electron chi connectivity index (χ0n) is 18.9. The first-order valence-corrected chi connectivity index (χ1v) is 11.0. The zero-order valence-corrected chi connectivity index (χ0v) is 18.9. The van der Waals surface area contributed by atoms with Gasteiger partial charge in [-0.2, -0.15) is 0 Å². The van der Waals surface area contributed by atoms with Crippen LogP contribution in [0.1, 0.15) is 29.5 Å².